The summed E-state index contributed by atoms with van der Waals surface area (Å²) in [5, 5.41) is 5.20. The first-order valence-corrected chi connectivity index (χ1v) is 12.4. The van der Waals surface area contributed by atoms with Crippen LogP contribution in [0.25, 0.3) is 15.3 Å². The normalized spacial score (nSPS) is 17.9. The molecule has 0 bridgehead atoms. The fourth-order valence-corrected chi connectivity index (χ4v) is 5.90. The molecule has 4 heterocycles. The van der Waals surface area contributed by atoms with Crippen LogP contribution in [0, 0.1) is 13.8 Å². The standard InChI is InChI=1S/C27H23N5S2/c1-17-12-13-19(16-18(17)2)32-25(24(30-26(32)33)21-9-5-6-14-28-21)22-10-7-15-31(22)27-29-20-8-3-4-11-23(20)34-27/h3-16,24-25H,1-2H3,(H,30,33)/t24-,25-/m1/s1. The summed E-state index contributed by atoms with van der Waals surface area (Å²) in [4.78, 5) is 11.8. The van der Waals surface area contributed by atoms with E-state index in [1.165, 1.54) is 15.8 Å². The summed E-state index contributed by atoms with van der Waals surface area (Å²) in [6.45, 7) is 4.27. The Labute approximate surface area is 207 Å². The predicted molar refractivity (Wildman–Crippen MR) is 143 cm³/mol. The third kappa shape index (κ3) is 3.48. The van der Waals surface area contributed by atoms with Gasteiger partial charge in [0.2, 0.25) is 0 Å². The Bertz CT molecular complexity index is 1470. The van der Waals surface area contributed by atoms with E-state index >= 15 is 0 Å². The fraction of sp³-hybridized carbons (Fsp3) is 0.148. The van der Waals surface area contributed by atoms with Crippen molar-refractivity contribution in [1.82, 2.24) is 19.9 Å². The van der Waals surface area contributed by atoms with E-state index < -0.39 is 0 Å². The number of aryl methyl sites for hydroxylation is 2. The quantitative estimate of drug-likeness (QED) is 0.306. The highest BCUT2D eigenvalue weighted by Crippen LogP contribution is 2.43. The maximum absolute atomic E-state index is 5.90. The van der Waals surface area contributed by atoms with E-state index in [4.69, 9.17) is 17.2 Å². The van der Waals surface area contributed by atoms with Crippen LogP contribution in [0.1, 0.15) is 34.6 Å². The van der Waals surface area contributed by atoms with Crippen LogP contribution in [0.15, 0.2) is 85.2 Å². The summed E-state index contributed by atoms with van der Waals surface area (Å²) in [5.74, 6) is 0. The molecule has 0 radical (unpaired) electrons. The van der Waals surface area contributed by atoms with Gasteiger partial charge in [-0.1, -0.05) is 35.6 Å². The van der Waals surface area contributed by atoms with E-state index in [0.29, 0.717) is 5.11 Å². The van der Waals surface area contributed by atoms with Gasteiger partial charge in [0, 0.05) is 18.1 Å². The predicted octanol–water partition coefficient (Wildman–Crippen LogP) is 6.28. The number of fused-ring (bicyclic) bond motifs is 1. The zero-order valence-corrected chi connectivity index (χ0v) is 20.5. The number of rotatable bonds is 4. The van der Waals surface area contributed by atoms with Crippen LogP contribution in [0.5, 0.6) is 0 Å². The van der Waals surface area contributed by atoms with Crippen molar-refractivity contribution in [2.24, 2.45) is 0 Å². The number of nitrogens with zero attached hydrogens (tertiary/aromatic N) is 4. The van der Waals surface area contributed by atoms with Crippen molar-refractivity contribution >= 4 is 44.6 Å². The highest BCUT2D eigenvalue weighted by Gasteiger charge is 2.42. The average Bonchev–Trinajstić information content (AvgIpc) is 3.57. The van der Waals surface area contributed by atoms with Gasteiger partial charge in [-0.3, -0.25) is 9.55 Å². The van der Waals surface area contributed by atoms with Gasteiger partial charge in [-0.15, -0.1) is 0 Å². The van der Waals surface area contributed by atoms with Crippen LogP contribution >= 0.6 is 23.6 Å². The summed E-state index contributed by atoms with van der Waals surface area (Å²) < 4.78 is 3.36. The minimum absolute atomic E-state index is 0.0912. The first-order chi connectivity index (χ1) is 16.6. The molecule has 5 nitrogen and oxygen atoms in total. The zero-order chi connectivity index (χ0) is 23.2. The minimum Gasteiger partial charge on any atom is -0.351 e. The Morgan fingerprint density at radius 3 is 2.59 bits per heavy atom. The largest absolute Gasteiger partial charge is 0.351 e. The number of benzene rings is 2. The van der Waals surface area contributed by atoms with Crippen molar-refractivity contribution < 1.29 is 0 Å². The Hall–Kier alpha value is -3.55. The molecular formula is C27H23N5S2. The van der Waals surface area contributed by atoms with Crippen molar-refractivity contribution in [2.75, 3.05) is 4.90 Å². The third-order valence-corrected chi connectivity index (χ3v) is 7.79. The smallest absolute Gasteiger partial charge is 0.194 e. The molecule has 1 fully saturated rings. The first-order valence-electron chi connectivity index (χ1n) is 11.2. The topological polar surface area (TPSA) is 46.0 Å². The molecule has 7 heteroatoms. The van der Waals surface area contributed by atoms with E-state index in [9.17, 15) is 0 Å². The number of nitrogens with one attached hydrogen (secondary N) is 1. The molecule has 1 aliphatic rings. The second-order valence-electron chi connectivity index (χ2n) is 8.53. The van der Waals surface area contributed by atoms with Crippen LogP contribution in [0.2, 0.25) is 0 Å². The van der Waals surface area contributed by atoms with E-state index in [2.05, 4.69) is 94.4 Å². The number of para-hydroxylation sites is 1. The highest BCUT2D eigenvalue weighted by atomic mass is 32.1. The summed E-state index contributed by atoms with van der Waals surface area (Å²) >= 11 is 7.60. The van der Waals surface area contributed by atoms with Gasteiger partial charge in [-0.25, -0.2) is 4.98 Å². The molecule has 1 aliphatic heterocycles. The lowest BCUT2D eigenvalue weighted by molar-refractivity contribution is 0.549. The highest BCUT2D eigenvalue weighted by molar-refractivity contribution is 7.80. The van der Waals surface area contributed by atoms with Crippen molar-refractivity contribution in [3.63, 3.8) is 0 Å². The monoisotopic (exact) mass is 481 g/mol. The van der Waals surface area contributed by atoms with Crippen LogP contribution in [0.3, 0.4) is 0 Å². The van der Waals surface area contributed by atoms with Crippen LogP contribution in [0.4, 0.5) is 5.69 Å². The van der Waals surface area contributed by atoms with Crippen molar-refractivity contribution in [3.8, 4) is 5.13 Å². The second kappa shape index (κ2) is 8.34. The number of thiocarbonyl (C=S) groups is 1. The molecule has 5 aromatic rings. The van der Waals surface area contributed by atoms with Gasteiger partial charge in [0.1, 0.15) is 6.04 Å². The Kier molecular flexibility index (Phi) is 5.16. The van der Waals surface area contributed by atoms with Gasteiger partial charge >= 0.3 is 0 Å². The summed E-state index contributed by atoms with van der Waals surface area (Å²) in [7, 11) is 0. The van der Waals surface area contributed by atoms with Gasteiger partial charge in [0.15, 0.2) is 10.2 Å². The number of hydrogen-bond donors (Lipinski definition) is 1. The summed E-state index contributed by atoms with van der Waals surface area (Å²) in [5.41, 5.74) is 6.65. The molecule has 1 N–H and O–H groups in total. The number of pyridine rings is 1. The van der Waals surface area contributed by atoms with Gasteiger partial charge < -0.3 is 10.2 Å². The van der Waals surface area contributed by atoms with E-state index in [-0.39, 0.29) is 12.1 Å². The van der Waals surface area contributed by atoms with Crippen molar-refractivity contribution in [3.05, 3.63) is 108 Å². The lowest BCUT2D eigenvalue weighted by Crippen LogP contribution is -2.30. The molecule has 0 aliphatic carbocycles. The molecule has 2 atom stereocenters. The minimum atomic E-state index is -0.0988. The molecule has 1 saturated heterocycles. The molecule has 0 spiro atoms. The van der Waals surface area contributed by atoms with Gasteiger partial charge in [-0.2, -0.15) is 0 Å². The molecule has 168 valence electrons. The third-order valence-electron chi connectivity index (χ3n) is 6.44. The number of anilines is 1. The summed E-state index contributed by atoms with van der Waals surface area (Å²) in [6.07, 6.45) is 3.92. The molecule has 0 amide bonds. The maximum Gasteiger partial charge on any atom is 0.194 e. The molecular weight excluding hydrogens is 458 g/mol. The zero-order valence-electron chi connectivity index (χ0n) is 18.8. The van der Waals surface area contributed by atoms with Gasteiger partial charge in [-0.05, 0) is 85.7 Å². The second-order valence-corrected chi connectivity index (χ2v) is 9.93. The molecule has 0 unspecified atom stereocenters. The molecule has 2 aromatic carbocycles. The number of aromatic nitrogens is 3. The van der Waals surface area contributed by atoms with E-state index in [1.54, 1.807) is 11.3 Å². The SMILES string of the molecule is Cc1ccc(N2C(=S)N[C@H](c3ccccn3)[C@H]2c2cccn2-c2nc3ccccc3s2)cc1C. The Morgan fingerprint density at radius 2 is 1.79 bits per heavy atom. The van der Waals surface area contributed by atoms with Crippen LogP contribution < -0.4 is 10.2 Å². The average molecular weight is 482 g/mol. The van der Waals surface area contributed by atoms with Crippen molar-refractivity contribution in [2.45, 2.75) is 25.9 Å². The molecule has 0 saturated carbocycles. The molecule has 34 heavy (non-hydrogen) atoms. The van der Waals surface area contributed by atoms with E-state index in [1.807, 2.05) is 24.4 Å². The lowest BCUT2D eigenvalue weighted by atomic mass is 10.0. The Balaban J connectivity index is 1.52. The van der Waals surface area contributed by atoms with Crippen LogP contribution in [-0.4, -0.2) is 19.6 Å². The number of thiazole rings is 1. The fourth-order valence-electron chi connectivity index (χ4n) is 4.58. The van der Waals surface area contributed by atoms with Crippen LogP contribution in [-0.2, 0) is 0 Å². The molecule has 6 rings (SSSR count). The first kappa shape index (κ1) is 21.0. The maximum atomic E-state index is 5.90. The summed E-state index contributed by atoms with van der Waals surface area (Å²) in [6, 6.07) is 24.8. The number of hydrogen-bond acceptors (Lipinski definition) is 4. The van der Waals surface area contributed by atoms with E-state index in [0.717, 1.165) is 27.7 Å². The van der Waals surface area contributed by atoms with Crippen molar-refractivity contribution in [1.29, 1.82) is 0 Å². The Morgan fingerprint density at radius 1 is 0.941 bits per heavy atom. The lowest BCUT2D eigenvalue weighted by Gasteiger charge is -2.29. The molecule has 3 aromatic heterocycles. The van der Waals surface area contributed by atoms with Gasteiger partial charge in [0.05, 0.1) is 27.6 Å². The van der Waals surface area contributed by atoms with Gasteiger partial charge in [0.25, 0.3) is 0 Å².